The van der Waals surface area contributed by atoms with Crippen LogP contribution in [0.1, 0.15) is 33.0 Å². The molecule has 0 spiro atoms. The highest BCUT2D eigenvalue weighted by molar-refractivity contribution is 5.92. The lowest BCUT2D eigenvalue weighted by Crippen LogP contribution is -2.40. The highest BCUT2D eigenvalue weighted by Gasteiger charge is 2.25. The predicted molar refractivity (Wildman–Crippen MR) is 95.1 cm³/mol. The Kier molecular flexibility index (Phi) is 4.72. The summed E-state index contributed by atoms with van der Waals surface area (Å²) >= 11 is 0. The van der Waals surface area contributed by atoms with Crippen LogP contribution in [0.15, 0.2) is 42.5 Å². The molecule has 0 amide bonds. The summed E-state index contributed by atoms with van der Waals surface area (Å²) in [7, 11) is 0. The Bertz CT molecular complexity index is 819. The molecule has 2 aromatic rings. The summed E-state index contributed by atoms with van der Waals surface area (Å²) < 4.78 is 0. The first-order valence-corrected chi connectivity index (χ1v) is 8.17. The molecule has 1 aliphatic rings. The van der Waals surface area contributed by atoms with Crippen molar-refractivity contribution in [1.29, 1.82) is 5.41 Å². The highest BCUT2D eigenvalue weighted by Crippen LogP contribution is 2.27. The summed E-state index contributed by atoms with van der Waals surface area (Å²) in [5.74, 6) is -1.53. The number of benzene rings is 2. The normalized spacial score (nSPS) is 14.7. The lowest BCUT2D eigenvalue weighted by molar-refractivity contribution is 0.0693. The lowest BCUT2D eigenvalue weighted by atomic mass is 9.93. The minimum atomic E-state index is -1.20. The zero-order chi connectivity index (χ0) is 18.0. The number of hydrogen-bond donors (Lipinski definition) is 4. The van der Waals surface area contributed by atoms with Gasteiger partial charge in [-0.2, -0.15) is 0 Å². The van der Waals surface area contributed by atoms with E-state index in [1.165, 1.54) is 23.3 Å². The average Bonchev–Trinajstić information content (AvgIpc) is 2.62. The van der Waals surface area contributed by atoms with Crippen LogP contribution in [0.4, 0.5) is 0 Å². The third-order valence-corrected chi connectivity index (χ3v) is 4.69. The number of carbonyl (C=O) groups is 1. The van der Waals surface area contributed by atoms with Crippen molar-refractivity contribution < 1.29 is 15.0 Å². The number of carboxylic acid groups (broad SMARTS) is 1. The van der Waals surface area contributed by atoms with Gasteiger partial charge in [0, 0.05) is 19.6 Å². The van der Waals surface area contributed by atoms with E-state index in [0.29, 0.717) is 17.9 Å². The van der Waals surface area contributed by atoms with E-state index in [1.807, 2.05) is 17.0 Å². The third kappa shape index (κ3) is 3.34. The van der Waals surface area contributed by atoms with E-state index in [1.54, 1.807) is 6.07 Å². The monoisotopic (exact) mass is 339 g/mol. The first kappa shape index (κ1) is 17.0. The summed E-state index contributed by atoms with van der Waals surface area (Å²) in [6.07, 6.45) is 0.867. The van der Waals surface area contributed by atoms with E-state index in [2.05, 4.69) is 12.1 Å². The molecule has 6 heteroatoms. The Morgan fingerprint density at radius 1 is 1.24 bits per heavy atom. The van der Waals surface area contributed by atoms with Crippen molar-refractivity contribution in [3.8, 4) is 5.75 Å². The van der Waals surface area contributed by atoms with Gasteiger partial charge in [0.1, 0.15) is 17.1 Å². The molecule has 0 aliphatic carbocycles. The number of nitrogens with zero attached hydrogens (tertiary/aromatic N) is 1. The summed E-state index contributed by atoms with van der Waals surface area (Å²) in [6, 6.07) is 12.6. The van der Waals surface area contributed by atoms with Crippen molar-refractivity contribution in [2.45, 2.75) is 18.9 Å². The largest absolute Gasteiger partial charge is 0.507 e. The summed E-state index contributed by atoms with van der Waals surface area (Å²) in [6.45, 7) is 1.58. The first-order valence-electron chi connectivity index (χ1n) is 8.17. The Morgan fingerprint density at radius 2 is 1.96 bits per heavy atom. The maximum absolute atomic E-state index is 11.2. The van der Waals surface area contributed by atoms with Crippen molar-refractivity contribution >= 4 is 11.8 Å². The second-order valence-electron chi connectivity index (χ2n) is 6.20. The van der Waals surface area contributed by atoms with Gasteiger partial charge in [-0.05, 0) is 35.2 Å². The van der Waals surface area contributed by atoms with Gasteiger partial charge in [0.15, 0.2) is 0 Å². The number of hydrogen-bond acceptors (Lipinski definition) is 4. The molecule has 0 saturated carbocycles. The quantitative estimate of drug-likeness (QED) is 0.504. The number of rotatable bonds is 4. The van der Waals surface area contributed by atoms with Crippen molar-refractivity contribution in [1.82, 2.24) is 4.90 Å². The van der Waals surface area contributed by atoms with Crippen LogP contribution >= 0.6 is 0 Å². The smallest absolute Gasteiger partial charge is 0.339 e. The standard InChI is InChI=1S/C19H21N3O3/c20-10-16(13-5-6-17(23)15(9-13)19(24)25)18(21)22-8-7-12-3-1-2-4-14(12)11-22/h1-6,9,16,21,23H,7-8,10-11,20H2,(H,24,25). The molecule has 5 N–H and O–H groups in total. The molecule has 1 unspecified atom stereocenters. The Morgan fingerprint density at radius 3 is 2.64 bits per heavy atom. The van der Waals surface area contributed by atoms with Gasteiger partial charge in [-0.1, -0.05) is 30.3 Å². The van der Waals surface area contributed by atoms with Crippen molar-refractivity contribution in [2.24, 2.45) is 5.73 Å². The molecule has 1 atom stereocenters. The molecule has 1 aliphatic heterocycles. The van der Waals surface area contributed by atoms with E-state index in [-0.39, 0.29) is 17.9 Å². The SMILES string of the molecule is N=C(C(CN)c1ccc(O)c(C(=O)O)c1)N1CCc2ccccc2C1. The molecule has 6 nitrogen and oxygen atoms in total. The van der Waals surface area contributed by atoms with Crippen LogP contribution in [-0.4, -0.2) is 40.0 Å². The number of carboxylic acids is 1. The van der Waals surface area contributed by atoms with Crippen LogP contribution in [0.25, 0.3) is 0 Å². The summed E-state index contributed by atoms with van der Waals surface area (Å²) in [5, 5.41) is 27.5. The van der Waals surface area contributed by atoms with E-state index in [4.69, 9.17) is 11.1 Å². The second kappa shape index (κ2) is 6.94. The van der Waals surface area contributed by atoms with Crippen LogP contribution in [0.3, 0.4) is 0 Å². The lowest BCUT2D eigenvalue weighted by Gasteiger charge is -2.34. The molecule has 130 valence electrons. The van der Waals surface area contributed by atoms with Gasteiger partial charge in [-0.15, -0.1) is 0 Å². The van der Waals surface area contributed by atoms with Crippen LogP contribution in [-0.2, 0) is 13.0 Å². The molecular weight excluding hydrogens is 318 g/mol. The first-order chi connectivity index (χ1) is 12.0. The van der Waals surface area contributed by atoms with Gasteiger partial charge < -0.3 is 20.8 Å². The number of aromatic hydroxyl groups is 1. The molecule has 0 radical (unpaired) electrons. The molecule has 0 fully saturated rings. The fraction of sp³-hybridized carbons (Fsp3) is 0.263. The van der Waals surface area contributed by atoms with Crippen molar-refractivity contribution in [2.75, 3.05) is 13.1 Å². The van der Waals surface area contributed by atoms with Crippen molar-refractivity contribution in [3.05, 3.63) is 64.7 Å². The molecule has 3 rings (SSSR count). The number of amidine groups is 1. The van der Waals surface area contributed by atoms with Gasteiger partial charge >= 0.3 is 5.97 Å². The van der Waals surface area contributed by atoms with E-state index in [9.17, 15) is 15.0 Å². The van der Waals surface area contributed by atoms with Gasteiger partial charge in [-0.3, -0.25) is 5.41 Å². The number of nitrogens with two attached hydrogens (primary N) is 1. The van der Waals surface area contributed by atoms with Crippen LogP contribution in [0.5, 0.6) is 5.75 Å². The highest BCUT2D eigenvalue weighted by atomic mass is 16.4. The molecule has 25 heavy (non-hydrogen) atoms. The maximum atomic E-state index is 11.2. The van der Waals surface area contributed by atoms with Gasteiger partial charge in [0.05, 0.1) is 5.92 Å². The van der Waals surface area contributed by atoms with Crippen LogP contribution < -0.4 is 5.73 Å². The average molecular weight is 339 g/mol. The van der Waals surface area contributed by atoms with Crippen molar-refractivity contribution in [3.63, 3.8) is 0 Å². The molecule has 1 heterocycles. The maximum Gasteiger partial charge on any atom is 0.339 e. The van der Waals surface area contributed by atoms with Gasteiger partial charge in [0.25, 0.3) is 0 Å². The minimum Gasteiger partial charge on any atom is -0.507 e. The van der Waals surface area contributed by atoms with Crippen LogP contribution in [0, 0.1) is 5.41 Å². The topological polar surface area (TPSA) is 111 Å². The third-order valence-electron chi connectivity index (χ3n) is 4.69. The predicted octanol–water partition coefficient (Wildman–Crippen LogP) is 2.17. The fourth-order valence-electron chi connectivity index (χ4n) is 3.27. The number of phenols is 1. The number of fused-ring (bicyclic) bond motifs is 1. The summed E-state index contributed by atoms with van der Waals surface area (Å²) in [4.78, 5) is 13.2. The molecule has 0 bridgehead atoms. The Balaban J connectivity index is 1.85. The van der Waals surface area contributed by atoms with E-state index < -0.39 is 11.9 Å². The minimum absolute atomic E-state index is 0.173. The molecule has 0 saturated heterocycles. The zero-order valence-electron chi connectivity index (χ0n) is 13.8. The molecule has 2 aromatic carbocycles. The Labute approximate surface area is 146 Å². The van der Waals surface area contributed by atoms with Crippen LogP contribution in [0.2, 0.25) is 0 Å². The number of aromatic carboxylic acids is 1. The van der Waals surface area contributed by atoms with E-state index >= 15 is 0 Å². The second-order valence-corrected chi connectivity index (χ2v) is 6.20. The van der Waals surface area contributed by atoms with Gasteiger partial charge in [0.2, 0.25) is 0 Å². The number of nitrogens with one attached hydrogen (secondary N) is 1. The summed E-state index contributed by atoms with van der Waals surface area (Å²) in [5.41, 5.74) is 8.85. The Hall–Kier alpha value is -2.86. The zero-order valence-corrected chi connectivity index (χ0v) is 13.8. The molecular formula is C19H21N3O3. The fourth-order valence-corrected chi connectivity index (χ4v) is 3.27. The van der Waals surface area contributed by atoms with Gasteiger partial charge in [-0.25, -0.2) is 4.79 Å². The van der Waals surface area contributed by atoms with E-state index in [0.717, 1.165) is 13.0 Å². The molecule has 0 aromatic heterocycles.